The molecular formula is C15H23NO. The summed E-state index contributed by atoms with van der Waals surface area (Å²) in [6.07, 6.45) is 0. The third-order valence-electron chi connectivity index (χ3n) is 2.81. The molecule has 0 aromatic heterocycles. The first kappa shape index (κ1) is 13.9. The molecule has 0 aliphatic heterocycles. The van der Waals surface area contributed by atoms with Crippen LogP contribution in [0.3, 0.4) is 0 Å². The van der Waals surface area contributed by atoms with Crippen LogP contribution in [0.25, 0.3) is 0 Å². The zero-order valence-electron chi connectivity index (χ0n) is 11.5. The van der Waals surface area contributed by atoms with Crippen LogP contribution in [0.4, 0.5) is 0 Å². The summed E-state index contributed by atoms with van der Waals surface area (Å²) in [6.45, 7) is 10.7. The lowest BCUT2D eigenvalue weighted by molar-refractivity contribution is -0.118. The summed E-state index contributed by atoms with van der Waals surface area (Å²) in [5.41, 5.74) is 2.36. The first-order valence-electron chi connectivity index (χ1n) is 6.11. The molecule has 0 aliphatic carbocycles. The van der Waals surface area contributed by atoms with Crippen molar-refractivity contribution >= 4 is 5.78 Å². The second-order valence-electron chi connectivity index (χ2n) is 5.70. The van der Waals surface area contributed by atoms with E-state index in [0.717, 1.165) is 5.56 Å². The van der Waals surface area contributed by atoms with Gasteiger partial charge in [-0.3, -0.25) is 4.79 Å². The number of Topliss-reactive ketones (excluding diaryl/α,β-unsaturated/α-hetero) is 1. The predicted molar refractivity (Wildman–Crippen MR) is 72.4 cm³/mol. The molecule has 0 heterocycles. The highest BCUT2D eigenvalue weighted by Crippen LogP contribution is 2.18. The molecule has 1 rings (SSSR count). The van der Waals surface area contributed by atoms with Crippen molar-refractivity contribution in [1.82, 2.24) is 5.32 Å². The Hall–Kier alpha value is -1.15. The molecule has 0 radical (unpaired) electrons. The monoisotopic (exact) mass is 233 g/mol. The van der Waals surface area contributed by atoms with Gasteiger partial charge in [0.05, 0.1) is 5.92 Å². The molecule has 1 aromatic carbocycles. The molecule has 94 valence electrons. The molecule has 2 heteroatoms. The van der Waals surface area contributed by atoms with Gasteiger partial charge in [-0.2, -0.15) is 0 Å². The van der Waals surface area contributed by atoms with Crippen LogP contribution in [0.5, 0.6) is 0 Å². The predicted octanol–water partition coefficient (Wildman–Crippen LogP) is 3.06. The van der Waals surface area contributed by atoms with Crippen molar-refractivity contribution in [2.75, 3.05) is 6.54 Å². The van der Waals surface area contributed by atoms with Crippen molar-refractivity contribution in [1.29, 1.82) is 0 Å². The number of ketones is 1. The average molecular weight is 233 g/mol. The van der Waals surface area contributed by atoms with Gasteiger partial charge < -0.3 is 5.32 Å². The van der Waals surface area contributed by atoms with Crippen LogP contribution in [0.15, 0.2) is 24.3 Å². The third kappa shape index (κ3) is 4.70. The Morgan fingerprint density at radius 2 is 1.76 bits per heavy atom. The Labute approximate surface area is 104 Å². The van der Waals surface area contributed by atoms with E-state index in [2.05, 4.69) is 45.1 Å². The van der Waals surface area contributed by atoms with Crippen LogP contribution in [0.2, 0.25) is 0 Å². The Morgan fingerprint density at radius 1 is 1.24 bits per heavy atom. The van der Waals surface area contributed by atoms with Gasteiger partial charge in [0.2, 0.25) is 0 Å². The van der Waals surface area contributed by atoms with Gasteiger partial charge in [-0.1, -0.05) is 29.8 Å². The number of benzene rings is 1. The summed E-state index contributed by atoms with van der Waals surface area (Å²) < 4.78 is 0. The minimum absolute atomic E-state index is 0.0401. The number of nitrogens with one attached hydrogen (secondary N) is 1. The molecule has 1 N–H and O–H groups in total. The number of hydrogen-bond acceptors (Lipinski definition) is 2. The van der Waals surface area contributed by atoms with Crippen molar-refractivity contribution in [2.24, 2.45) is 0 Å². The minimum atomic E-state index is -0.0465. The lowest BCUT2D eigenvalue weighted by atomic mass is 9.93. The molecule has 17 heavy (non-hydrogen) atoms. The van der Waals surface area contributed by atoms with Crippen LogP contribution in [0, 0.1) is 6.92 Å². The molecule has 0 fully saturated rings. The molecule has 0 bridgehead atoms. The highest BCUT2D eigenvalue weighted by molar-refractivity contribution is 5.83. The zero-order valence-corrected chi connectivity index (χ0v) is 11.5. The van der Waals surface area contributed by atoms with Gasteiger partial charge in [0.15, 0.2) is 0 Å². The molecule has 0 saturated carbocycles. The maximum Gasteiger partial charge on any atom is 0.138 e. The van der Waals surface area contributed by atoms with Crippen molar-refractivity contribution in [3.05, 3.63) is 35.4 Å². The van der Waals surface area contributed by atoms with Gasteiger partial charge in [0.1, 0.15) is 5.78 Å². The van der Waals surface area contributed by atoms with E-state index in [1.165, 1.54) is 5.56 Å². The fourth-order valence-electron chi connectivity index (χ4n) is 1.70. The second kappa shape index (κ2) is 5.46. The topological polar surface area (TPSA) is 29.1 Å². The van der Waals surface area contributed by atoms with Gasteiger partial charge in [-0.15, -0.1) is 0 Å². The molecule has 0 saturated heterocycles. The highest BCUT2D eigenvalue weighted by Gasteiger charge is 2.19. The Morgan fingerprint density at radius 3 is 2.18 bits per heavy atom. The van der Waals surface area contributed by atoms with E-state index >= 15 is 0 Å². The summed E-state index contributed by atoms with van der Waals surface area (Å²) in [7, 11) is 0. The lowest BCUT2D eigenvalue weighted by Gasteiger charge is -2.24. The number of carbonyl (C=O) groups is 1. The molecule has 0 unspecified atom stereocenters. The van der Waals surface area contributed by atoms with Crippen LogP contribution in [-0.4, -0.2) is 17.9 Å². The van der Waals surface area contributed by atoms with E-state index in [1.807, 2.05) is 12.1 Å². The smallest absolute Gasteiger partial charge is 0.138 e. The van der Waals surface area contributed by atoms with E-state index in [9.17, 15) is 4.79 Å². The van der Waals surface area contributed by atoms with Crippen molar-refractivity contribution < 1.29 is 4.79 Å². The minimum Gasteiger partial charge on any atom is -0.311 e. The van der Waals surface area contributed by atoms with Crippen molar-refractivity contribution in [2.45, 2.75) is 46.1 Å². The maximum atomic E-state index is 11.7. The first-order valence-corrected chi connectivity index (χ1v) is 6.11. The van der Waals surface area contributed by atoms with Gasteiger partial charge in [0.25, 0.3) is 0 Å². The molecular weight excluding hydrogens is 210 g/mol. The Balaban J connectivity index is 2.79. The summed E-state index contributed by atoms with van der Waals surface area (Å²) in [5.74, 6) is 0.167. The van der Waals surface area contributed by atoms with E-state index in [1.54, 1.807) is 6.92 Å². The number of aryl methyl sites for hydroxylation is 1. The number of carbonyl (C=O) groups excluding carboxylic acids is 1. The van der Waals surface area contributed by atoms with E-state index in [0.29, 0.717) is 6.54 Å². The molecule has 0 amide bonds. The third-order valence-corrected chi connectivity index (χ3v) is 2.81. The summed E-state index contributed by atoms with van der Waals surface area (Å²) >= 11 is 0. The first-order chi connectivity index (χ1) is 7.79. The number of rotatable bonds is 4. The van der Waals surface area contributed by atoms with Crippen LogP contribution < -0.4 is 5.32 Å². The van der Waals surface area contributed by atoms with Crippen LogP contribution in [-0.2, 0) is 4.79 Å². The van der Waals surface area contributed by atoms with Gasteiger partial charge in [-0.05, 0) is 40.2 Å². The van der Waals surface area contributed by atoms with Crippen LogP contribution in [0.1, 0.15) is 44.7 Å². The zero-order chi connectivity index (χ0) is 13.1. The molecule has 1 atom stereocenters. The summed E-state index contributed by atoms with van der Waals surface area (Å²) in [5, 5.41) is 3.40. The lowest BCUT2D eigenvalue weighted by Crippen LogP contribution is -2.39. The van der Waals surface area contributed by atoms with Gasteiger partial charge in [-0.25, -0.2) is 0 Å². The van der Waals surface area contributed by atoms with E-state index < -0.39 is 0 Å². The van der Waals surface area contributed by atoms with Gasteiger partial charge in [0, 0.05) is 12.1 Å². The molecule has 0 aliphatic rings. The Bertz CT molecular complexity index is 373. The SMILES string of the molecule is CC(=O)[C@@H](CNC(C)(C)C)c1ccc(C)cc1. The van der Waals surface area contributed by atoms with Crippen molar-refractivity contribution in [3.8, 4) is 0 Å². The standard InChI is InChI=1S/C15H23NO/c1-11-6-8-13(9-7-11)14(12(2)17)10-16-15(3,4)5/h6-9,14,16H,10H2,1-5H3/t14-/m1/s1. The van der Waals surface area contributed by atoms with Crippen LogP contribution >= 0.6 is 0 Å². The van der Waals surface area contributed by atoms with Gasteiger partial charge >= 0.3 is 0 Å². The molecule has 0 spiro atoms. The maximum absolute atomic E-state index is 11.7. The second-order valence-corrected chi connectivity index (χ2v) is 5.70. The van der Waals surface area contributed by atoms with E-state index in [4.69, 9.17) is 0 Å². The fourth-order valence-corrected chi connectivity index (χ4v) is 1.70. The Kier molecular flexibility index (Phi) is 4.47. The van der Waals surface area contributed by atoms with E-state index in [-0.39, 0.29) is 17.2 Å². The molecule has 2 nitrogen and oxygen atoms in total. The number of hydrogen-bond donors (Lipinski definition) is 1. The largest absolute Gasteiger partial charge is 0.311 e. The van der Waals surface area contributed by atoms with Crippen molar-refractivity contribution in [3.63, 3.8) is 0 Å². The summed E-state index contributed by atoms with van der Waals surface area (Å²) in [4.78, 5) is 11.7. The fraction of sp³-hybridized carbons (Fsp3) is 0.533. The quantitative estimate of drug-likeness (QED) is 0.866. The average Bonchev–Trinajstić information content (AvgIpc) is 2.18. The highest BCUT2D eigenvalue weighted by atomic mass is 16.1. The normalized spacial score (nSPS) is 13.5. The summed E-state index contributed by atoms with van der Waals surface area (Å²) in [6, 6.07) is 8.21. The molecule has 1 aromatic rings.